The minimum Gasteiger partial charge on any atom is -0.350 e. The van der Waals surface area contributed by atoms with Gasteiger partial charge in [0.05, 0.1) is 0 Å². The maximum atomic E-state index is 13.4. The predicted octanol–water partition coefficient (Wildman–Crippen LogP) is 5.64. The van der Waals surface area contributed by atoms with E-state index in [1.807, 2.05) is 58.0 Å². The van der Waals surface area contributed by atoms with Crippen molar-refractivity contribution in [3.63, 3.8) is 0 Å². The van der Waals surface area contributed by atoms with E-state index in [1.54, 1.807) is 4.90 Å². The summed E-state index contributed by atoms with van der Waals surface area (Å²) in [5.41, 5.74) is 3.20. The monoisotopic (exact) mass is 436 g/mol. The molecule has 0 aliphatic carbocycles. The smallest absolute Gasteiger partial charge is 0.243 e. The van der Waals surface area contributed by atoms with E-state index in [0.29, 0.717) is 25.8 Å². The summed E-state index contributed by atoms with van der Waals surface area (Å²) >= 11 is 0. The lowest BCUT2D eigenvalue weighted by Gasteiger charge is -2.33. The quantitative estimate of drug-likeness (QED) is 0.582. The van der Waals surface area contributed by atoms with E-state index < -0.39 is 6.04 Å². The van der Waals surface area contributed by atoms with Gasteiger partial charge in [-0.1, -0.05) is 82.3 Å². The second-order valence-electron chi connectivity index (χ2n) is 10.6. The molecule has 4 heteroatoms. The molecule has 2 amide bonds. The zero-order valence-corrected chi connectivity index (χ0v) is 20.9. The first kappa shape index (κ1) is 25.6. The molecule has 0 bridgehead atoms. The molecule has 174 valence electrons. The van der Waals surface area contributed by atoms with Crippen LogP contribution in [0.25, 0.3) is 0 Å². The molecule has 0 aromatic heterocycles. The van der Waals surface area contributed by atoms with Gasteiger partial charge in [0.1, 0.15) is 6.04 Å². The highest BCUT2D eigenvalue weighted by atomic mass is 16.2. The van der Waals surface area contributed by atoms with Gasteiger partial charge in [-0.15, -0.1) is 0 Å². The second-order valence-corrected chi connectivity index (χ2v) is 10.6. The summed E-state index contributed by atoms with van der Waals surface area (Å²) in [4.78, 5) is 28.1. The number of nitrogens with zero attached hydrogens (tertiary/aromatic N) is 1. The number of nitrogens with one attached hydrogen (secondary N) is 1. The van der Waals surface area contributed by atoms with Crippen molar-refractivity contribution in [1.29, 1.82) is 0 Å². The molecule has 0 aliphatic heterocycles. The molecule has 0 heterocycles. The SMILES string of the molecule is CC[C@@H](C(=O)NC(C)(C)C)N(Cc1ccccc1)C(=O)CCc1ccc(C(C)(C)C)cc1. The fourth-order valence-corrected chi connectivity index (χ4v) is 3.72. The summed E-state index contributed by atoms with van der Waals surface area (Å²) in [6.07, 6.45) is 1.60. The third-order valence-electron chi connectivity index (χ3n) is 5.53. The molecule has 0 aliphatic rings. The van der Waals surface area contributed by atoms with Crippen LogP contribution in [0.15, 0.2) is 54.6 Å². The third kappa shape index (κ3) is 7.81. The zero-order valence-electron chi connectivity index (χ0n) is 20.9. The second kappa shape index (κ2) is 10.8. The van der Waals surface area contributed by atoms with E-state index in [2.05, 4.69) is 50.4 Å². The highest BCUT2D eigenvalue weighted by Gasteiger charge is 2.30. The molecular formula is C28H40N2O2. The Morgan fingerprint density at radius 1 is 0.875 bits per heavy atom. The largest absolute Gasteiger partial charge is 0.350 e. The molecule has 0 saturated heterocycles. The summed E-state index contributed by atoms with van der Waals surface area (Å²) in [5.74, 6) is -0.0940. The van der Waals surface area contributed by atoms with Gasteiger partial charge in [0.25, 0.3) is 0 Å². The lowest BCUT2D eigenvalue weighted by molar-refractivity contribution is -0.142. The van der Waals surface area contributed by atoms with Crippen molar-refractivity contribution in [2.75, 3.05) is 0 Å². The Morgan fingerprint density at radius 2 is 1.47 bits per heavy atom. The van der Waals surface area contributed by atoms with E-state index in [4.69, 9.17) is 0 Å². The predicted molar refractivity (Wildman–Crippen MR) is 132 cm³/mol. The molecule has 2 rings (SSSR count). The van der Waals surface area contributed by atoms with Gasteiger partial charge < -0.3 is 10.2 Å². The molecule has 1 N–H and O–H groups in total. The number of amides is 2. The molecule has 2 aromatic rings. The molecule has 0 saturated carbocycles. The summed E-state index contributed by atoms with van der Waals surface area (Å²) in [5, 5.41) is 3.05. The van der Waals surface area contributed by atoms with Crippen LogP contribution in [0.3, 0.4) is 0 Å². The Kier molecular flexibility index (Phi) is 8.65. The summed E-state index contributed by atoms with van der Waals surface area (Å²) < 4.78 is 0. The number of hydrogen-bond donors (Lipinski definition) is 1. The Bertz CT molecular complexity index is 874. The van der Waals surface area contributed by atoms with E-state index >= 15 is 0 Å². The van der Waals surface area contributed by atoms with Gasteiger partial charge in [-0.05, 0) is 55.7 Å². The van der Waals surface area contributed by atoms with Crippen molar-refractivity contribution >= 4 is 11.8 Å². The summed E-state index contributed by atoms with van der Waals surface area (Å²) in [6.45, 7) is 14.9. The number of rotatable bonds is 8. The van der Waals surface area contributed by atoms with Crippen LogP contribution < -0.4 is 5.32 Å². The number of hydrogen-bond acceptors (Lipinski definition) is 2. The maximum Gasteiger partial charge on any atom is 0.243 e. The summed E-state index contributed by atoms with van der Waals surface area (Å²) in [7, 11) is 0. The number of aryl methyl sites for hydroxylation is 1. The Labute approximate surface area is 194 Å². The van der Waals surface area contributed by atoms with Crippen molar-refractivity contribution in [3.05, 3.63) is 71.3 Å². The Morgan fingerprint density at radius 3 is 1.97 bits per heavy atom. The van der Waals surface area contributed by atoms with Crippen LogP contribution in [0.2, 0.25) is 0 Å². The molecule has 4 nitrogen and oxygen atoms in total. The van der Waals surface area contributed by atoms with Crippen molar-refractivity contribution in [2.24, 2.45) is 0 Å². The molecule has 32 heavy (non-hydrogen) atoms. The minimum atomic E-state index is -0.495. The topological polar surface area (TPSA) is 49.4 Å². The molecule has 0 spiro atoms. The first-order valence-corrected chi connectivity index (χ1v) is 11.7. The van der Waals surface area contributed by atoms with Crippen molar-refractivity contribution in [2.45, 2.75) is 91.3 Å². The fourth-order valence-electron chi connectivity index (χ4n) is 3.72. The molecule has 2 aromatic carbocycles. The van der Waals surface area contributed by atoms with E-state index in [0.717, 1.165) is 11.1 Å². The highest BCUT2D eigenvalue weighted by molar-refractivity contribution is 5.88. The zero-order chi connectivity index (χ0) is 23.9. The minimum absolute atomic E-state index is 0.00431. The highest BCUT2D eigenvalue weighted by Crippen LogP contribution is 2.23. The van der Waals surface area contributed by atoms with Crippen LogP contribution in [-0.2, 0) is 28.0 Å². The average molecular weight is 437 g/mol. The van der Waals surface area contributed by atoms with Gasteiger partial charge in [0.2, 0.25) is 11.8 Å². The number of carbonyl (C=O) groups is 2. The molecule has 0 radical (unpaired) electrons. The number of benzene rings is 2. The van der Waals surface area contributed by atoms with E-state index in [9.17, 15) is 9.59 Å². The van der Waals surface area contributed by atoms with Gasteiger partial charge in [0.15, 0.2) is 0 Å². The normalized spacial score (nSPS) is 12.8. The first-order chi connectivity index (χ1) is 14.9. The third-order valence-corrected chi connectivity index (χ3v) is 5.53. The van der Waals surface area contributed by atoms with Gasteiger partial charge in [-0.3, -0.25) is 9.59 Å². The lowest BCUT2D eigenvalue weighted by Crippen LogP contribution is -2.53. The van der Waals surface area contributed by atoms with Crippen molar-refractivity contribution in [1.82, 2.24) is 10.2 Å². The molecule has 0 unspecified atom stereocenters. The van der Waals surface area contributed by atoms with Crippen LogP contribution in [0.1, 0.15) is 78.0 Å². The van der Waals surface area contributed by atoms with Crippen LogP contribution in [0.5, 0.6) is 0 Å². The first-order valence-electron chi connectivity index (χ1n) is 11.7. The average Bonchev–Trinajstić information content (AvgIpc) is 2.71. The number of carbonyl (C=O) groups excluding carboxylic acids is 2. The molecule has 0 fully saturated rings. The van der Waals surface area contributed by atoms with Crippen LogP contribution in [-0.4, -0.2) is 28.3 Å². The molecular weight excluding hydrogens is 396 g/mol. The van der Waals surface area contributed by atoms with Crippen molar-refractivity contribution in [3.8, 4) is 0 Å². The van der Waals surface area contributed by atoms with Crippen LogP contribution in [0.4, 0.5) is 0 Å². The fraction of sp³-hybridized carbons (Fsp3) is 0.500. The Balaban J connectivity index is 2.18. The Hall–Kier alpha value is -2.62. The van der Waals surface area contributed by atoms with E-state index in [1.165, 1.54) is 5.56 Å². The van der Waals surface area contributed by atoms with Crippen LogP contribution >= 0.6 is 0 Å². The van der Waals surface area contributed by atoms with Gasteiger partial charge in [-0.25, -0.2) is 0 Å². The van der Waals surface area contributed by atoms with Gasteiger partial charge in [0, 0.05) is 18.5 Å². The standard InChI is InChI=1S/C28H40N2O2/c1-8-24(26(32)29-28(5,6)7)30(20-22-12-10-9-11-13-22)25(31)19-16-21-14-17-23(18-15-21)27(2,3)4/h9-15,17-18,24H,8,16,19-20H2,1-7H3,(H,29,32)/t24-/m0/s1. The van der Waals surface area contributed by atoms with Gasteiger partial charge >= 0.3 is 0 Å². The molecule has 1 atom stereocenters. The van der Waals surface area contributed by atoms with Crippen LogP contribution in [0, 0.1) is 0 Å². The lowest BCUT2D eigenvalue weighted by atomic mass is 9.86. The maximum absolute atomic E-state index is 13.4. The van der Waals surface area contributed by atoms with E-state index in [-0.39, 0.29) is 22.8 Å². The van der Waals surface area contributed by atoms with Crippen molar-refractivity contribution < 1.29 is 9.59 Å². The van der Waals surface area contributed by atoms with Gasteiger partial charge in [-0.2, -0.15) is 0 Å². The summed E-state index contributed by atoms with van der Waals surface area (Å²) in [6, 6.07) is 17.9.